The van der Waals surface area contributed by atoms with Gasteiger partial charge in [-0.2, -0.15) is 0 Å². The predicted molar refractivity (Wildman–Crippen MR) is 75.3 cm³/mol. The fraction of sp³-hybridized carbons (Fsp3) is 0. The average Bonchev–Trinajstić information content (AvgIpc) is 2.34. The Morgan fingerprint density at radius 2 is 2.06 bits per heavy atom. The van der Waals surface area contributed by atoms with Crippen LogP contribution in [0, 0.1) is 5.82 Å². The number of nitrogens with zero attached hydrogens (tertiary/aromatic N) is 2. The summed E-state index contributed by atoms with van der Waals surface area (Å²) in [5, 5.41) is 2.83. The maximum absolute atomic E-state index is 13.7. The summed E-state index contributed by atoms with van der Waals surface area (Å²) in [5.41, 5.74) is 6.11. The zero-order chi connectivity index (χ0) is 13.1. The smallest absolute Gasteiger partial charge is 0.159 e. The highest BCUT2D eigenvalue weighted by molar-refractivity contribution is 9.10. The Labute approximate surface area is 117 Å². The summed E-state index contributed by atoms with van der Waals surface area (Å²) in [6.45, 7) is 0. The molecule has 1 aromatic carbocycles. The molecule has 1 heterocycles. The van der Waals surface area contributed by atoms with E-state index in [-0.39, 0.29) is 10.7 Å². The second-order valence-corrected chi connectivity index (χ2v) is 4.63. The molecular formula is C11H8BrFN4S. The first-order valence-corrected chi connectivity index (χ1v) is 6.11. The minimum Gasteiger partial charge on any atom is -0.388 e. The number of nitrogens with two attached hydrogens (primary N) is 1. The molecule has 0 saturated heterocycles. The van der Waals surface area contributed by atoms with Gasteiger partial charge >= 0.3 is 0 Å². The van der Waals surface area contributed by atoms with E-state index < -0.39 is 5.82 Å². The van der Waals surface area contributed by atoms with Gasteiger partial charge in [0, 0.05) is 16.9 Å². The van der Waals surface area contributed by atoms with Crippen LogP contribution in [0.15, 0.2) is 35.1 Å². The van der Waals surface area contributed by atoms with E-state index in [4.69, 9.17) is 18.0 Å². The number of hydrogen-bond donors (Lipinski definition) is 2. The third kappa shape index (κ3) is 2.62. The molecule has 0 atom stereocenters. The maximum atomic E-state index is 13.7. The van der Waals surface area contributed by atoms with Crippen LogP contribution >= 0.6 is 28.1 Å². The van der Waals surface area contributed by atoms with Crippen molar-refractivity contribution < 1.29 is 4.39 Å². The first kappa shape index (κ1) is 12.8. The highest BCUT2D eigenvalue weighted by atomic mass is 79.9. The van der Waals surface area contributed by atoms with Crippen LogP contribution < -0.4 is 11.1 Å². The van der Waals surface area contributed by atoms with Crippen LogP contribution in [0.2, 0.25) is 0 Å². The Kier molecular flexibility index (Phi) is 3.83. The average molecular weight is 327 g/mol. The van der Waals surface area contributed by atoms with Gasteiger partial charge in [0.05, 0.1) is 5.69 Å². The molecule has 0 aliphatic carbocycles. The molecule has 0 saturated carbocycles. The summed E-state index contributed by atoms with van der Waals surface area (Å²) in [4.78, 5) is 8.15. The lowest BCUT2D eigenvalue weighted by Crippen LogP contribution is -2.15. The summed E-state index contributed by atoms with van der Waals surface area (Å²) < 4.78 is 14.2. The standard InChI is InChI=1S/C11H8BrFN4S/c12-6-2-1-3-7(13)8(6)17-11-9(10(14)18)15-4-5-16-11/h1-5H,(H2,14,18)(H,16,17). The minimum absolute atomic E-state index is 0.0954. The molecule has 0 radical (unpaired) electrons. The van der Waals surface area contributed by atoms with Crippen molar-refractivity contribution >= 4 is 44.6 Å². The molecule has 0 bridgehead atoms. The van der Waals surface area contributed by atoms with Crippen molar-refractivity contribution in [3.8, 4) is 0 Å². The molecule has 2 rings (SSSR count). The zero-order valence-electron chi connectivity index (χ0n) is 9.02. The number of benzene rings is 1. The fourth-order valence-electron chi connectivity index (χ4n) is 1.35. The van der Waals surface area contributed by atoms with Gasteiger partial charge in [0.15, 0.2) is 5.82 Å². The first-order valence-electron chi connectivity index (χ1n) is 4.91. The van der Waals surface area contributed by atoms with E-state index in [1.807, 2.05) is 0 Å². The lowest BCUT2D eigenvalue weighted by molar-refractivity contribution is 0.631. The van der Waals surface area contributed by atoms with Gasteiger partial charge in [-0.25, -0.2) is 14.4 Å². The number of anilines is 2. The molecule has 7 heteroatoms. The second-order valence-electron chi connectivity index (χ2n) is 3.34. The molecule has 2 aromatic rings. The number of hydrogen-bond acceptors (Lipinski definition) is 4. The largest absolute Gasteiger partial charge is 0.388 e. The number of halogens is 2. The van der Waals surface area contributed by atoms with E-state index in [1.54, 1.807) is 12.1 Å². The molecule has 92 valence electrons. The van der Waals surface area contributed by atoms with Crippen LogP contribution in [-0.2, 0) is 0 Å². The number of para-hydroxylation sites is 1. The van der Waals surface area contributed by atoms with E-state index in [0.717, 1.165) is 0 Å². The number of thiocarbonyl (C=S) groups is 1. The quantitative estimate of drug-likeness (QED) is 0.849. The summed E-state index contributed by atoms with van der Waals surface area (Å²) in [6.07, 6.45) is 2.94. The van der Waals surface area contributed by atoms with Crippen molar-refractivity contribution in [1.82, 2.24) is 9.97 Å². The Hall–Kier alpha value is -1.60. The molecule has 0 unspecified atom stereocenters. The normalized spacial score (nSPS) is 10.1. The molecule has 18 heavy (non-hydrogen) atoms. The minimum atomic E-state index is -0.413. The molecule has 3 N–H and O–H groups in total. The Morgan fingerprint density at radius 3 is 2.72 bits per heavy atom. The van der Waals surface area contributed by atoms with Gasteiger partial charge in [-0.15, -0.1) is 0 Å². The molecule has 0 fully saturated rings. The lowest BCUT2D eigenvalue weighted by Gasteiger charge is -2.11. The highest BCUT2D eigenvalue weighted by Gasteiger charge is 2.12. The lowest BCUT2D eigenvalue weighted by atomic mass is 10.3. The molecule has 0 amide bonds. The van der Waals surface area contributed by atoms with E-state index in [2.05, 4.69) is 31.2 Å². The molecule has 4 nitrogen and oxygen atoms in total. The van der Waals surface area contributed by atoms with Crippen molar-refractivity contribution in [2.24, 2.45) is 5.73 Å². The zero-order valence-corrected chi connectivity index (χ0v) is 11.4. The number of aromatic nitrogens is 2. The molecule has 0 spiro atoms. The fourth-order valence-corrected chi connectivity index (χ4v) is 1.94. The van der Waals surface area contributed by atoms with E-state index in [0.29, 0.717) is 16.0 Å². The molecule has 0 aliphatic heterocycles. The van der Waals surface area contributed by atoms with Crippen LogP contribution in [0.1, 0.15) is 5.69 Å². The Bertz CT molecular complexity index is 585. The van der Waals surface area contributed by atoms with Crippen molar-refractivity contribution in [2.75, 3.05) is 5.32 Å². The number of nitrogens with one attached hydrogen (secondary N) is 1. The Balaban J connectivity index is 2.43. The van der Waals surface area contributed by atoms with Crippen LogP contribution in [0.4, 0.5) is 15.9 Å². The maximum Gasteiger partial charge on any atom is 0.159 e. The van der Waals surface area contributed by atoms with Crippen molar-refractivity contribution in [1.29, 1.82) is 0 Å². The van der Waals surface area contributed by atoms with Gasteiger partial charge in [0.25, 0.3) is 0 Å². The summed E-state index contributed by atoms with van der Waals surface area (Å²) in [7, 11) is 0. The van der Waals surface area contributed by atoms with Crippen molar-refractivity contribution in [2.45, 2.75) is 0 Å². The van der Waals surface area contributed by atoms with Crippen molar-refractivity contribution in [3.63, 3.8) is 0 Å². The topological polar surface area (TPSA) is 63.8 Å². The van der Waals surface area contributed by atoms with Gasteiger partial charge in [-0.3, -0.25) is 0 Å². The van der Waals surface area contributed by atoms with Crippen LogP contribution in [0.5, 0.6) is 0 Å². The molecular weight excluding hydrogens is 319 g/mol. The monoisotopic (exact) mass is 326 g/mol. The number of rotatable bonds is 3. The van der Waals surface area contributed by atoms with Gasteiger partial charge in [0.2, 0.25) is 0 Å². The van der Waals surface area contributed by atoms with E-state index in [9.17, 15) is 4.39 Å². The SMILES string of the molecule is NC(=S)c1nccnc1Nc1c(F)cccc1Br. The Morgan fingerprint density at radius 1 is 1.33 bits per heavy atom. The van der Waals surface area contributed by atoms with Gasteiger partial charge in [-0.1, -0.05) is 18.3 Å². The molecule has 0 aliphatic rings. The van der Waals surface area contributed by atoms with Crippen LogP contribution in [0.3, 0.4) is 0 Å². The van der Waals surface area contributed by atoms with Crippen LogP contribution in [-0.4, -0.2) is 15.0 Å². The third-order valence-electron chi connectivity index (χ3n) is 2.14. The second kappa shape index (κ2) is 5.36. The third-order valence-corrected chi connectivity index (χ3v) is 2.99. The summed E-state index contributed by atoms with van der Waals surface area (Å²) in [6, 6.07) is 4.64. The predicted octanol–water partition coefficient (Wildman–Crippen LogP) is 2.76. The summed E-state index contributed by atoms with van der Waals surface area (Å²) >= 11 is 8.11. The van der Waals surface area contributed by atoms with E-state index >= 15 is 0 Å². The summed E-state index contributed by atoms with van der Waals surface area (Å²) in [5.74, 6) is -0.0975. The van der Waals surface area contributed by atoms with E-state index in [1.165, 1.54) is 18.5 Å². The van der Waals surface area contributed by atoms with Crippen molar-refractivity contribution in [3.05, 3.63) is 46.6 Å². The van der Waals surface area contributed by atoms with Gasteiger partial charge in [0.1, 0.15) is 16.5 Å². The van der Waals surface area contributed by atoms with Gasteiger partial charge < -0.3 is 11.1 Å². The highest BCUT2D eigenvalue weighted by Crippen LogP contribution is 2.28. The van der Waals surface area contributed by atoms with Gasteiger partial charge in [-0.05, 0) is 28.1 Å². The first-order chi connectivity index (χ1) is 8.59. The molecule has 1 aromatic heterocycles. The van der Waals surface area contributed by atoms with Crippen LogP contribution in [0.25, 0.3) is 0 Å².